The zero-order valence-electron chi connectivity index (χ0n) is 12.6. The number of halogens is 1. The zero-order valence-corrected chi connectivity index (χ0v) is 14.1. The van der Waals surface area contributed by atoms with Gasteiger partial charge in [-0.1, -0.05) is 29.7 Å². The Labute approximate surface area is 151 Å². The van der Waals surface area contributed by atoms with Crippen LogP contribution in [0, 0.1) is 11.8 Å². The number of carbonyl (C=O) groups is 2. The van der Waals surface area contributed by atoms with Gasteiger partial charge in [-0.25, -0.2) is 4.98 Å². The molecular weight excluding hydrogens is 362 g/mol. The Morgan fingerprint density at radius 3 is 2.84 bits per heavy atom. The summed E-state index contributed by atoms with van der Waals surface area (Å²) < 4.78 is 5.24. The first-order valence-electron chi connectivity index (χ1n) is 6.94. The summed E-state index contributed by atoms with van der Waals surface area (Å²) in [7, 11) is 0. The Kier molecular flexibility index (Phi) is 4.84. The third-order valence-corrected chi connectivity index (χ3v) is 4.13. The summed E-state index contributed by atoms with van der Waals surface area (Å²) >= 11 is 7.18. The fraction of sp³-hybridized carbons (Fsp3) is 0. The first kappa shape index (κ1) is 16.8. The van der Waals surface area contributed by atoms with Crippen LogP contribution in [0.15, 0.2) is 46.4 Å². The predicted octanol–water partition coefficient (Wildman–Crippen LogP) is 3.15. The molecular formula is C17H10ClN3O3S. The molecule has 0 radical (unpaired) electrons. The van der Waals surface area contributed by atoms with Gasteiger partial charge in [0.05, 0.1) is 10.6 Å². The Hall–Kier alpha value is -3.08. The number of thiazole rings is 1. The van der Waals surface area contributed by atoms with E-state index in [0.717, 1.165) is 0 Å². The number of primary amides is 1. The van der Waals surface area contributed by atoms with Crippen molar-refractivity contribution in [1.82, 2.24) is 4.98 Å². The molecule has 2 aromatic heterocycles. The third-order valence-electron chi connectivity index (χ3n) is 3.05. The van der Waals surface area contributed by atoms with E-state index in [1.807, 2.05) is 0 Å². The number of amides is 2. The van der Waals surface area contributed by atoms with Crippen LogP contribution >= 0.6 is 22.9 Å². The summed E-state index contributed by atoms with van der Waals surface area (Å²) in [5.74, 6) is 4.43. The summed E-state index contributed by atoms with van der Waals surface area (Å²) in [6.45, 7) is 0. The molecule has 3 N–H and O–H groups in total. The average molecular weight is 372 g/mol. The fourth-order valence-electron chi connectivity index (χ4n) is 1.86. The van der Waals surface area contributed by atoms with Crippen LogP contribution in [0.2, 0.25) is 5.02 Å². The van der Waals surface area contributed by atoms with Gasteiger partial charge < -0.3 is 10.2 Å². The van der Waals surface area contributed by atoms with Gasteiger partial charge in [-0.05, 0) is 18.2 Å². The molecule has 0 aliphatic carbocycles. The van der Waals surface area contributed by atoms with E-state index >= 15 is 0 Å². The minimum absolute atomic E-state index is 0.249. The van der Waals surface area contributed by atoms with Gasteiger partial charge in [0.2, 0.25) is 0 Å². The van der Waals surface area contributed by atoms with Crippen molar-refractivity contribution < 1.29 is 14.0 Å². The molecule has 0 bridgehead atoms. The van der Waals surface area contributed by atoms with Gasteiger partial charge in [-0.2, -0.15) is 0 Å². The van der Waals surface area contributed by atoms with E-state index in [-0.39, 0.29) is 5.56 Å². The second-order valence-corrected chi connectivity index (χ2v) is 6.05. The van der Waals surface area contributed by atoms with E-state index < -0.39 is 11.8 Å². The average Bonchev–Trinajstić information content (AvgIpc) is 3.23. The third kappa shape index (κ3) is 4.07. The maximum Gasteiger partial charge on any atom is 0.302 e. The van der Waals surface area contributed by atoms with E-state index in [1.165, 1.54) is 23.7 Å². The lowest BCUT2D eigenvalue weighted by Crippen LogP contribution is -2.09. The Balaban J connectivity index is 1.70. The lowest BCUT2D eigenvalue weighted by atomic mass is 10.2. The summed E-state index contributed by atoms with van der Waals surface area (Å²) in [4.78, 5) is 27.2. The number of hydrogen-bond acceptors (Lipinski definition) is 5. The summed E-state index contributed by atoms with van der Waals surface area (Å²) in [5, 5.41) is 5.08. The number of furan rings is 1. The lowest BCUT2D eigenvalue weighted by molar-refractivity contribution is -0.111. The predicted molar refractivity (Wildman–Crippen MR) is 95.3 cm³/mol. The molecule has 0 unspecified atom stereocenters. The smallest absolute Gasteiger partial charge is 0.302 e. The highest BCUT2D eigenvalue weighted by Gasteiger charge is 2.12. The Morgan fingerprint density at radius 1 is 1.32 bits per heavy atom. The number of nitrogens with zero attached hydrogens (tertiary/aromatic N) is 1. The molecule has 0 atom stereocenters. The van der Waals surface area contributed by atoms with Crippen LogP contribution in [0.4, 0.5) is 5.13 Å². The van der Waals surface area contributed by atoms with Crippen molar-refractivity contribution in [1.29, 1.82) is 0 Å². The number of benzene rings is 1. The van der Waals surface area contributed by atoms with Crippen LogP contribution in [0.25, 0.3) is 11.5 Å². The van der Waals surface area contributed by atoms with Crippen molar-refractivity contribution in [2.24, 2.45) is 5.73 Å². The van der Waals surface area contributed by atoms with Gasteiger partial charge in [0.25, 0.3) is 5.91 Å². The minimum Gasteiger partial charge on any atom is -0.462 e. The summed E-state index contributed by atoms with van der Waals surface area (Å²) in [6.07, 6.45) is 1.25. The molecule has 1 aromatic carbocycles. The first-order chi connectivity index (χ1) is 12.0. The van der Waals surface area contributed by atoms with Crippen molar-refractivity contribution in [3.05, 3.63) is 58.1 Å². The number of carbonyl (C=O) groups excluding carboxylic acids is 2. The molecule has 0 saturated carbocycles. The SMILES string of the molecule is NC(=O)c1coc(-c2csc(NC(=O)C#Cc3ccccc3Cl)n2)c1. The van der Waals surface area contributed by atoms with Gasteiger partial charge in [-0.3, -0.25) is 14.9 Å². The van der Waals surface area contributed by atoms with Crippen molar-refractivity contribution in [2.45, 2.75) is 0 Å². The summed E-state index contributed by atoms with van der Waals surface area (Å²) in [6, 6.07) is 8.46. The highest BCUT2D eigenvalue weighted by atomic mass is 35.5. The molecule has 0 saturated heterocycles. The first-order valence-corrected chi connectivity index (χ1v) is 8.20. The second kappa shape index (κ2) is 7.21. The number of rotatable bonds is 3. The summed E-state index contributed by atoms with van der Waals surface area (Å²) in [5.41, 5.74) is 6.46. The van der Waals surface area contributed by atoms with Crippen LogP contribution in [-0.4, -0.2) is 16.8 Å². The van der Waals surface area contributed by atoms with Crippen molar-refractivity contribution >= 4 is 39.9 Å². The largest absolute Gasteiger partial charge is 0.462 e. The molecule has 124 valence electrons. The van der Waals surface area contributed by atoms with Gasteiger partial charge in [-0.15, -0.1) is 11.3 Å². The molecule has 3 aromatic rings. The van der Waals surface area contributed by atoms with E-state index in [2.05, 4.69) is 22.1 Å². The van der Waals surface area contributed by atoms with Crippen molar-refractivity contribution in [3.63, 3.8) is 0 Å². The molecule has 2 amide bonds. The van der Waals surface area contributed by atoms with E-state index in [0.29, 0.717) is 27.2 Å². The van der Waals surface area contributed by atoms with E-state index in [9.17, 15) is 9.59 Å². The van der Waals surface area contributed by atoms with Crippen LogP contribution < -0.4 is 11.1 Å². The standard InChI is InChI=1S/C17H10ClN3O3S/c18-12-4-2-1-3-10(12)5-6-15(22)21-17-20-13(9-25-17)14-7-11(8-24-14)16(19)23/h1-4,7-9H,(H2,19,23)(H,20,21,22). The van der Waals surface area contributed by atoms with E-state index in [1.54, 1.807) is 29.6 Å². The molecule has 6 nitrogen and oxygen atoms in total. The number of nitrogens with two attached hydrogens (primary N) is 1. The molecule has 0 fully saturated rings. The highest BCUT2D eigenvalue weighted by Crippen LogP contribution is 2.26. The van der Waals surface area contributed by atoms with Crippen LogP contribution in [-0.2, 0) is 4.79 Å². The molecule has 25 heavy (non-hydrogen) atoms. The molecule has 8 heteroatoms. The fourth-order valence-corrected chi connectivity index (χ4v) is 2.74. The van der Waals surface area contributed by atoms with Crippen LogP contribution in [0.3, 0.4) is 0 Å². The number of hydrogen-bond donors (Lipinski definition) is 2. The van der Waals surface area contributed by atoms with Crippen LogP contribution in [0.5, 0.6) is 0 Å². The minimum atomic E-state index is -0.589. The van der Waals surface area contributed by atoms with Gasteiger partial charge in [0, 0.05) is 16.9 Å². The Bertz CT molecular complexity index is 1010. The quantitative estimate of drug-likeness (QED) is 0.691. The Morgan fingerprint density at radius 2 is 2.12 bits per heavy atom. The van der Waals surface area contributed by atoms with Crippen LogP contribution in [0.1, 0.15) is 15.9 Å². The number of nitrogens with one attached hydrogen (secondary N) is 1. The van der Waals surface area contributed by atoms with E-state index in [4.69, 9.17) is 21.8 Å². The molecule has 0 aliphatic rings. The molecule has 0 spiro atoms. The van der Waals surface area contributed by atoms with Crippen molar-refractivity contribution in [3.8, 4) is 23.3 Å². The molecule has 2 heterocycles. The van der Waals surface area contributed by atoms with Gasteiger partial charge in [0.1, 0.15) is 12.0 Å². The van der Waals surface area contributed by atoms with Gasteiger partial charge in [0.15, 0.2) is 10.9 Å². The molecule has 3 rings (SSSR count). The maximum atomic E-state index is 11.9. The number of aromatic nitrogens is 1. The zero-order chi connectivity index (χ0) is 17.8. The normalized spacial score (nSPS) is 9.96. The lowest BCUT2D eigenvalue weighted by Gasteiger charge is -1.94. The number of anilines is 1. The monoisotopic (exact) mass is 371 g/mol. The molecule has 0 aliphatic heterocycles. The van der Waals surface area contributed by atoms with Crippen molar-refractivity contribution in [2.75, 3.05) is 5.32 Å². The topological polar surface area (TPSA) is 98.2 Å². The van der Waals surface area contributed by atoms with Gasteiger partial charge >= 0.3 is 5.91 Å². The maximum absolute atomic E-state index is 11.9. The highest BCUT2D eigenvalue weighted by molar-refractivity contribution is 7.14. The second-order valence-electron chi connectivity index (χ2n) is 4.79.